The molecule has 2 heterocycles. The number of amides is 1. The van der Waals surface area contributed by atoms with Gasteiger partial charge in [0, 0.05) is 24.8 Å². The first-order valence-electron chi connectivity index (χ1n) is 9.40. The Labute approximate surface area is 183 Å². The molecule has 162 valence electrons. The first kappa shape index (κ1) is 22.5. The van der Waals surface area contributed by atoms with Crippen LogP contribution in [0.4, 0.5) is 5.69 Å². The van der Waals surface area contributed by atoms with Gasteiger partial charge in [0.05, 0.1) is 49.4 Å². The fourth-order valence-corrected chi connectivity index (χ4v) is 5.00. The predicted octanol–water partition coefficient (Wildman–Crippen LogP) is 2.67. The number of rotatable bonds is 9. The van der Waals surface area contributed by atoms with Crippen LogP contribution >= 0.6 is 23.5 Å². The van der Waals surface area contributed by atoms with Crippen molar-refractivity contribution in [2.24, 2.45) is 0 Å². The van der Waals surface area contributed by atoms with E-state index in [1.165, 1.54) is 18.9 Å². The highest BCUT2D eigenvalue weighted by Gasteiger charge is 2.26. The minimum Gasteiger partial charge on any atom is -0.497 e. The Hall–Kier alpha value is -2.17. The Morgan fingerprint density at radius 3 is 2.83 bits per heavy atom. The van der Waals surface area contributed by atoms with E-state index >= 15 is 0 Å². The molecule has 0 saturated carbocycles. The highest BCUT2D eigenvalue weighted by molar-refractivity contribution is 8.00. The number of benzene rings is 1. The highest BCUT2D eigenvalue weighted by Crippen LogP contribution is 2.34. The third-order valence-electron chi connectivity index (χ3n) is 4.50. The number of ether oxygens (including phenoxy) is 3. The zero-order chi connectivity index (χ0) is 21.7. The lowest BCUT2D eigenvalue weighted by Crippen LogP contribution is -2.27. The van der Waals surface area contributed by atoms with Crippen molar-refractivity contribution in [2.75, 3.05) is 39.0 Å². The van der Waals surface area contributed by atoms with Crippen LogP contribution in [0.15, 0.2) is 33.0 Å². The van der Waals surface area contributed by atoms with E-state index in [0.29, 0.717) is 45.6 Å². The molecule has 0 aliphatic carbocycles. The number of hydrogen-bond acceptors (Lipinski definition) is 8. The molecule has 1 aromatic heterocycles. The predicted molar refractivity (Wildman–Crippen MR) is 118 cm³/mol. The maximum absolute atomic E-state index is 12.9. The molecule has 1 amide bonds. The van der Waals surface area contributed by atoms with Gasteiger partial charge in [0.25, 0.3) is 5.56 Å². The van der Waals surface area contributed by atoms with Crippen molar-refractivity contribution in [3.63, 3.8) is 0 Å². The van der Waals surface area contributed by atoms with E-state index in [-0.39, 0.29) is 17.2 Å². The number of carbonyl (C=O) groups excluding carboxylic acids is 1. The summed E-state index contributed by atoms with van der Waals surface area (Å²) in [6, 6.07) is 5.17. The van der Waals surface area contributed by atoms with Crippen LogP contribution in [-0.2, 0) is 22.5 Å². The van der Waals surface area contributed by atoms with Gasteiger partial charge < -0.3 is 19.5 Å². The summed E-state index contributed by atoms with van der Waals surface area (Å²) in [7, 11) is 4.68. The summed E-state index contributed by atoms with van der Waals surface area (Å²) < 4.78 is 17.2. The second-order valence-corrected chi connectivity index (χ2v) is 9.05. The van der Waals surface area contributed by atoms with Crippen molar-refractivity contribution in [2.45, 2.75) is 35.2 Å². The number of hydrogen-bond donors (Lipinski definition) is 1. The number of nitrogens with one attached hydrogen (secondary N) is 1. The van der Waals surface area contributed by atoms with Crippen molar-refractivity contribution in [1.82, 2.24) is 9.55 Å². The van der Waals surface area contributed by atoms with Crippen LogP contribution in [0.25, 0.3) is 0 Å². The van der Waals surface area contributed by atoms with Crippen molar-refractivity contribution in [3.8, 4) is 11.5 Å². The molecule has 0 radical (unpaired) electrons. The maximum atomic E-state index is 12.9. The number of thioether (sulfide) groups is 2. The van der Waals surface area contributed by atoms with Gasteiger partial charge in [-0.3, -0.25) is 14.2 Å². The molecule has 1 aliphatic heterocycles. The summed E-state index contributed by atoms with van der Waals surface area (Å²) >= 11 is 2.79. The lowest BCUT2D eigenvalue weighted by Gasteiger charge is -2.14. The fraction of sp³-hybridized carbons (Fsp3) is 0.450. The number of nitrogens with zero attached hydrogens (tertiary/aromatic N) is 2. The second-order valence-electron chi connectivity index (χ2n) is 6.66. The Morgan fingerprint density at radius 2 is 2.13 bits per heavy atom. The molecule has 1 N–H and O–H groups in total. The third-order valence-corrected chi connectivity index (χ3v) is 6.69. The molecule has 1 aliphatic rings. The Balaban J connectivity index is 1.75. The molecule has 0 saturated heterocycles. The maximum Gasteiger partial charge on any atom is 0.268 e. The van der Waals surface area contributed by atoms with Crippen LogP contribution in [0, 0.1) is 0 Å². The number of carbonyl (C=O) groups is 1. The van der Waals surface area contributed by atoms with Crippen molar-refractivity contribution < 1.29 is 19.0 Å². The van der Waals surface area contributed by atoms with E-state index in [0.717, 1.165) is 12.1 Å². The lowest BCUT2D eigenvalue weighted by atomic mass is 10.2. The molecule has 1 atom stereocenters. The quantitative estimate of drug-likeness (QED) is 0.460. The Kier molecular flexibility index (Phi) is 7.68. The summed E-state index contributed by atoms with van der Waals surface area (Å²) in [4.78, 5) is 30.8. The second kappa shape index (κ2) is 10.2. The van der Waals surface area contributed by atoms with Crippen LogP contribution < -0.4 is 20.3 Å². The van der Waals surface area contributed by atoms with E-state index in [4.69, 9.17) is 14.2 Å². The summed E-state index contributed by atoms with van der Waals surface area (Å²) in [5.74, 6) is 1.03. The zero-order valence-electron chi connectivity index (χ0n) is 17.4. The van der Waals surface area contributed by atoms with E-state index in [2.05, 4.69) is 17.2 Å². The molecule has 1 aromatic carbocycles. The van der Waals surface area contributed by atoms with E-state index in [1.807, 2.05) is 0 Å². The number of methoxy groups -OCH3 is 3. The monoisotopic (exact) mass is 451 g/mol. The van der Waals surface area contributed by atoms with Gasteiger partial charge in [0.1, 0.15) is 11.5 Å². The molecule has 30 heavy (non-hydrogen) atoms. The molecule has 3 rings (SSSR count). The molecule has 0 bridgehead atoms. The SMILES string of the molecule is COCCn1c(SCC(=O)Nc2ccc(OC)cc2OC)nc2c(c1=O)S[C@H](C)C2. The van der Waals surface area contributed by atoms with Gasteiger partial charge in [-0.25, -0.2) is 4.98 Å². The standard InChI is InChI=1S/C20H25N3O5S2/c1-12-9-15-18(30-12)19(25)23(7-8-26-2)20(22-15)29-11-17(24)21-14-6-5-13(27-3)10-16(14)28-4/h5-6,10,12H,7-9,11H2,1-4H3,(H,21,24)/t12-/m1/s1. The minimum atomic E-state index is -0.223. The smallest absolute Gasteiger partial charge is 0.268 e. The Morgan fingerprint density at radius 1 is 1.33 bits per heavy atom. The van der Waals surface area contributed by atoms with Gasteiger partial charge in [0.2, 0.25) is 5.91 Å². The Bertz CT molecular complexity index is 980. The number of fused-ring (bicyclic) bond motifs is 1. The lowest BCUT2D eigenvalue weighted by molar-refractivity contribution is -0.113. The van der Waals surface area contributed by atoms with E-state index < -0.39 is 0 Å². The van der Waals surface area contributed by atoms with Crippen molar-refractivity contribution in [3.05, 3.63) is 34.2 Å². The van der Waals surface area contributed by atoms with Gasteiger partial charge in [-0.15, -0.1) is 11.8 Å². The molecule has 0 unspecified atom stereocenters. The van der Waals surface area contributed by atoms with Gasteiger partial charge in [-0.2, -0.15) is 0 Å². The van der Waals surface area contributed by atoms with Gasteiger partial charge in [-0.05, 0) is 12.1 Å². The van der Waals surface area contributed by atoms with E-state index in [1.54, 1.807) is 48.7 Å². The third kappa shape index (κ3) is 5.11. The number of anilines is 1. The van der Waals surface area contributed by atoms with Crippen LogP contribution in [0.1, 0.15) is 12.6 Å². The van der Waals surface area contributed by atoms with Crippen LogP contribution in [-0.4, -0.2) is 54.4 Å². The van der Waals surface area contributed by atoms with Crippen molar-refractivity contribution >= 4 is 35.1 Å². The average Bonchev–Trinajstić information content (AvgIpc) is 3.12. The molecule has 0 fully saturated rings. The molecule has 10 heteroatoms. The van der Waals surface area contributed by atoms with Crippen LogP contribution in [0.2, 0.25) is 0 Å². The normalized spacial score (nSPS) is 15.0. The molecular weight excluding hydrogens is 426 g/mol. The van der Waals surface area contributed by atoms with Crippen LogP contribution in [0.5, 0.6) is 11.5 Å². The molecular formula is C20H25N3O5S2. The van der Waals surface area contributed by atoms with Gasteiger partial charge in [0.15, 0.2) is 5.16 Å². The van der Waals surface area contributed by atoms with E-state index in [9.17, 15) is 9.59 Å². The highest BCUT2D eigenvalue weighted by atomic mass is 32.2. The molecule has 2 aromatic rings. The summed E-state index contributed by atoms with van der Waals surface area (Å²) in [6.07, 6.45) is 0.753. The fourth-order valence-electron chi connectivity index (χ4n) is 3.04. The summed E-state index contributed by atoms with van der Waals surface area (Å²) in [5.41, 5.74) is 1.30. The number of aromatic nitrogens is 2. The minimum absolute atomic E-state index is 0.0638. The molecule has 0 spiro atoms. The largest absolute Gasteiger partial charge is 0.497 e. The first-order chi connectivity index (χ1) is 14.5. The van der Waals surface area contributed by atoms with Gasteiger partial charge in [-0.1, -0.05) is 18.7 Å². The topological polar surface area (TPSA) is 91.7 Å². The summed E-state index contributed by atoms with van der Waals surface area (Å²) in [6.45, 7) is 2.86. The van der Waals surface area contributed by atoms with Gasteiger partial charge >= 0.3 is 0 Å². The first-order valence-corrected chi connectivity index (χ1v) is 11.3. The summed E-state index contributed by atoms with van der Waals surface area (Å²) in [5, 5.41) is 3.69. The average molecular weight is 452 g/mol. The van der Waals surface area contributed by atoms with Crippen LogP contribution in [0.3, 0.4) is 0 Å². The van der Waals surface area contributed by atoms with Crippen molar-refractivity contribution in [1.29, 1.82) is 0 Å². The zero-order valence-corrected chi connectivity index (χ0v) is 19.0. The molecule has 8 nitrogen and oxygen atoms in total.